The van der Waals surface area contributed by atoms with E-state index in [0.29, 0.717) is 24.9 Å². The molecule has 0 aliphatic heterocycles. The van der Waals surface area contributed by atoms with Crippen LogP contribution in [0.25, 0.3) is 0 Å². The van der Waals surface area contributed by atoms with Crippen molar-refractivity contribution in [2.45, 2.75) is 65.9 Å². The van der Waals surface area contributed by atoms with Gasteiger partial charge in [0.2, 0.25) is 0 Å². The van der Waals surface area contributed by atoms with Gasteiger partial charge in [-0.15, -0.1) is 6.58 Å². The average Bonchev–Trinajstić information content (AvgIpc) is 2.88. The second-order valence-corrected chi connectivity index (χ2v) is 7.52. The predicted octanol–water partition coefficient (Wildman–Crippen LogP) is 4.27. The average molecular weight is 320 g/mol. The minimum atomic E-state index is -0.516. The van der Waals surface area contributed by atoms with E-state index < -0.39 is 11.5 Å². The highest BCUT2D eigenvalue weighted by atomic mass is 16.5. The maximum Gasteiger partial charge on any atom is 0.312 e. The van der Waals surface area contributed by atoms with Gasteiger partial charge in [0.05, 0.1) is 18.1 Å². The summed E-state index contributed by atoms with van der Waals surface area (Å²) in [6, 6.07) is 0. The smallest absolute Gasteiger partial charge is 0.312 e. The summed E-state index contributed by atoms with van der Waals surface area (Å²) in [5.74, 6) is 0.862. The Balaban J connectivity index is 2.48. The molecule has 3 nitrogen and oxygen atoms in total. The fourth-order valence-electron chi connectivity index (χ4n) is 5.14. The molecule has 0 heterocycles. The maximum atomic E-state index is 13.0. The number of aliphatic hydroxyl groups excluding tert-OH is 1. The number of carbonyl (C=O) groups is 1. The molecule has 130 valence electrons. The highest BCUT2D eigenvalue weighted by Crippen LogP contribution is 2.60. The Labute approximate surface area is 140 Å². The summed E-state index contributed by atoms with van der Waals surface area (Å²) in [7, 11) is 0. The van der Waals surface area contributed by atoms with Crippen molar-refractivity contribution in [2.24, 2.45) is 23.2 Å². The van der Waals surface area contributed by atoms with Gasteiger partial charge >= 0.3 is 5.97 Å². The number of allylic oxidation sites excluding steroid dienone is 1. The van der Waals surface area contributed by atoms with Gasteiger partial charge in [-0.05, 0) is 69.3 Å². The molecule has 0 spiro atoms. The van der Waals surface area contributed by atoms with Gasteiger partial charge in [-0.25, -0.2) is 0 Å². The van der Waals surface area contributed by atoms with Gasteiger partial charge in [0.1, 0.15) is 0 Å². The molecule has 1 N–H and O–H groups in total. The van der Waals surface area contributed by atoms with Gasteiger partial charge in [0.15, 0.2) is 0 Å². The van der Waals surface area contributed by atoms with Crippen LogP contribution in [-0.2, 0) is 9.53 Å². The summed E-state index contributed by atoms with van der Waals surface area (Å²) in [5.41, 5.74) is 1.90. The lowest BCUT2D eigenvalue weighted by molar-refractivity contribution is -0.163. The minimum Gasteiger partial charge on any atom is -0.466 e. The normalized spacial score (nSPS) is 31.9. The molecule has 0 aromatic heterocycles. The molecule has 1 fully saturated rings. The SMILES string of the molecule is C=CCC(O)C1=C(C)CC[C@]2(C(=O)OCC)[C@@H](C(C)C)CC[C@@H]12. The third-order valence-electron chi connectivity index (χ3n) is 6.04. The number of rotatable bonds is 6. The van der Waals surface area contributed by atoms with Crippen molar-refractivity contribution in [2.75, 3.05) is 6.61 Å². The Hall–Kier alpha value is -1.09. The lowest BCUT2D eigenvalue weighted by Crippen LogP contribution is -2.47. The first-order valence-electron chi connectivity index (χ1n) is 9.05. The molecule has 0 aromatic rings. The number of esters is 1. The number of carbonyl (C=O) groups excluding carboxylic acids is 1. The lowest BCUT2D eigenvalue weighted by atomic mass is 9.59. The number of ether oxygens (including phenoxy) is 1. The van der Waals surface area contributed by atoms with E-state index >= 15 is 0 Å². The molecule has 0 saturated heterocycles. The Morgan fingerprint density at radius 2 is 2.17 bits per heavy atom. The van der Waals surface area contributed by atoms with Crippen LogP contribution in [0.3, 0.4) is 0 Å². The maximum absolute atomic E-state index is 13.0. The van der Waals surface area contributed by atoms with Crippen molar-refractivity contribution in [3.63, 3.8) is 0 Å². The van der Waals surface area contributed by atoms with Crippen molar-refractivity contribution in [3.8, 4) is 0 Å². The summed E-state index contributed by atoms with van der Waals surface area (Å²) < 4.78 is 5.53. The largest absolute Gasteiger partial charge is 0.466 e. The van der Waals surface area contributed by atoms with E-state index in [-0.39, 0.29) is 11.9 Å². The third-order valence-corrected chi connectivity index (χ3v) is 6.04. The second kappa shape index (κ2) is 7.21. The first-order chi connectivity index (χ1) is 10.9. The predicted molar refractivity (Wildman–Crippen MR) is 92.9 cm³/mol. The Morgan fingerprint density at radius 3 is 2.74 bits per heavy atom. The van der Waals surface area contributed by atoms with E-state index in [9.17, 15) is 9.90 Å². The van der Waals surface area contributed by atoms with Gasteiger partial charge in [0.25, 0.3) is 0 Å². The Bertz CT molecular complexity index is 491. The molecule has 0 amide bonds. The van der Waals surface area contributed by atoms with E-state index in [1.165, 1.54) is 5.57 Å². The van der Waals surface area contributed by atoms with Crippen LogP contribution in [-0.4, -0.2) is 23.8 Å². The van der Waals surface area contributed by atoms with Crippen LogP contribution in [0.2, 0.25) is 0 Å². The van der Waals surface area contributed by atoms with Crippen molar-refractivity contribution in [1.82, 2.24) is 0 Å². The number of fused-ring (bicyclic) bond motifs is 1. The van der Waals surface area contributed by atoms with E-state index in [1.54, 1.807) is 6.08 Å². The van der Waals surface area contributed by atoms with Gasteiger partial charge in [-0.2, -0.15) is 0 Å². The zero-order chi connectivity index (χ0) is 17.2. The Morgan fingerprint density at radius 1 is 1.48 bits per heavy atom. The lowest BCUT2D eigenvalue weighted by Gasteiger charge is -2.45. The fourth-order valence-corrected chi connectivity index (χ4v) is 5.14. The third kappa shape index (κ3) is 3.00. The highest BCUT2D eigenvalue weighted by molar-refractivity contribution is 5.79. The van der Waals surface area contributed by atoms with Gasteiger partial charge in [-0.1, -0.05) is 25.5 Å². The molecule has 1 unspecified atom stereocenters. The molecule has 23 heavy (non-hydrogen) atoms. The highest BCUT2D eigenvalue weighted by Gasteiger charge is 2.59. The van der Waals surface area contributed by atoms with Crippen LogP contribution in [0.5, 0.6) is 0 Å². The van der Waals surface area contributed by atoms with Crippen molar-refractivity contribution in [3.05, 3.63) is 23.8 Å². The first-order valence-corrected chi connectivity index (χ1v) is 9.05. The van der Waals surface area contributed by atoms with Crippen LogP contribution < -0.4 is 0 Å². The molecule has 1 saturated carbocycles. The van der Waals surface area contributed by atoms with Crippen LogP contribution >= 0.6 is 0 Å². The molecule has 3 heteroatoms. The Kier molecular flexibility index (Phi) is 5.72. The summed E-state index contributed by atoms with van der Waals surface area (Å²) in [4.78, 5) is 13.0. The van der Waals surface area contributed by atoms with E-state index in [0.717, 1.165) is 31.3 Å². The van der Waals surface area contributed by atoms with Crippen molar-refractivity contribution >= 4 is 5.97 Å². The number of aliphatic hydroxyl groups is 1. The van der Waals surface area contributed by atoms with Crippen LogP contribution in [0.15, 0.2) is 23.8 Å². The first kappa shape index (κ1) is 18.3. The van der Waals surface area contributed by atoms with Crippen LogP contribution in [0, 0.1) is 23.2 Å². The molecule has 0 bridgehead atoms. The zero-order valence-electron chi connectivity index (χ0n) is 15.1. The molecular weight excluding hydrogens is 288 g/mol. The number of hydrogen-bond acceptors (Lipinski definition) is 3. The molecule has 2 aliphatic rings. The molecule has 2 rings (SSSR count). The zero-order valence-corrected chi connectivity index (χ0v) is 15.1. The van der Waals surface area contributed by atoms with Crippen molar-refractivity contribution < 1.29 is 14.6 Å². The summed E-state index contributed by atoms with van der Waals surface area (Å²) in [6.07, 6.45) is 5.55. The van der Waals surface area contributed by atoms with Crippen LogP contribution in [0.1, 0.15) is 59.8 Å². The van der Waals surface area contributed by atoms with Gasteiger partial charge < -0.3 is 9.84 Å². The standard InChI is InChI=1S/C20H32O3/c1-6-8-17(21)18-14(5)11-12-20(19(22)23-7-2)15(13(3)4)9-10-16(18)20/h6,13,15-17,21H,1,7-12H2,2-5H3/t15-,16+,17?,20+/m1/s1. The molecule has 2 aliphatic carbocycles. The van der Waals surface area contributed by atoms with Crippen molar-refractivity contribution in [1.29, 1.82) is 0 Å². The topological polar surface area (TPSA) is 46.5 Å². The van der Waals surface area contributed by atoms with E-state index in [4.69, 9.17) is 4.74 Å². The fraction of sp³-hybridized carbons (Fsp3) is 0.750. The quantitative estimate of drug-likeness (QED) is 0.587. The second-order valence-electron chi connectivity index (χ2n) is 7.52. The summed E-state index contributed by atoms with van der Waals surface area (Å²) in [6.45, 7) is 12.6. The van der Waals surface area contributed by atoms with E-state index in [2.05, 4.69) is 27.4 Å². The van der Waals surface area contributed by atoms with Gasteiger partial charge in [0, 0.05) is 0 Å². The summed E-state index contributed by atoms with van der Waals surface area (Å²) >= 11 is 0. The minimum absolute atomic E-state index is 0.0444. The molecule has 0 radical (unpaired) electrons. The van der Waals surface area contributed by atoms with Crippen LogP contribution in [0.4, 0.5) is 0 Å². The monoisotopic (exact) mass is 320 g/mol. The molecule has 4 atom stereocenters. The van der Waals surface area contributed by atoms with E-state index in [1.807, 2.05) is 6.92 Å². The molecular formula is C20H32O3. The van der Waals surface area contributed by atoms with Gasteiger partial charge in [-0.3, -0.25) is 4.79 Å². The molecule has 0 aromatic carbocycles. The summed E-state index contributed by atoms with van der Waals surface area (Å²) in [5, 5.41) is 10.7. The number of hydrogen-bond donors (Lipinski definition) is 1.